The monoisotopic (exact) mass is 275 g/mol. The Balaban J connectivity index is 1.87. The van der Waals surface area contributed by atoms with Crippen LogP contribution in [0.5, 0.6) is 0 Å². The molecular weight excluding hydrogens is 246 g/mol. The Morgan fingerprint density at radius 1 is 1.10 bits per heavy atom. The number of rotatable bonds is 5. The predicted octanol–water partition coefficient (Wildman–Crippen LogP) is 3.96. The van der Waals surface area contributed by atoms with Gasteiger partial charge in [0.25, 0.3) is 0 Å². The van der Waals surface area contributed by atoms with Crippen LogP contribution in [0.1, 0.15) is 51.3 Å². The van der Waals surface area contributed by atoms with Gasteiger partial charge in [0.1, 0.15) is 0 Å². The zero-order valence-corrected chi connectivity index (χ0v) is 13.4. The maximum atomic E-state index is 6.04. The highest BCUT2D eigenvalue weighted by molar-refractivity contribution is 5.25. The molecule has 0 spiro atoms. The van der Waals surface area contributed by atoms with E-state index in [1.165, 1.54) is 17.5 Å². The van der Waals surface area contributed by atoms with E-state index in [0.717, 1.165) is 25.5 Å². The number of hydrogen-bond donors (Lipinski definition) is 1. The molecule has 0 amide bonds. The summed E-state index contributed by atoms with van der Waals surface area (Å²) >= 11 is 0. The third-order valence-corrected chi connectivity index (χ3v) is 3.84. The summed E-state index contributed by atoms with van der Waals surface area (Å²) in [6.45, 7) is 10.8. The van der Waals surface area contributed by atoms with E-state index in [1.807, 2.05) is 0 Å². The van der Waals surface area contributed by atoms with Gasteiger partial charge < -0.3 is 10.1 Å². The van der Waals surface area contributed by atoms with Gasteiger partial charge in [0.15, 0.2) is 0 Å². The molecule has 2 atom stereocenters. The van der Waals surface area contributed by atoms with Crippen LogP contribution in [0.4, 0.5) is 0 Å². The largest absolute Gasteiger partial charge is 0.371 e. The minimum absolute atomic E-state index is 0.214. The van der Waals surface area contributed by atoms with Gasteiger partial charge in [0.05, 0.1) is 12.7 Å². The molecule has 1 saturated heterocycles. The first-order valence-electron chi connectivity index (χ1n) is 7.98. The van der Waals surface area contributed by atoms with Crippen LogP contribution in [0.3, 0.4) is 0 Å². The summed E-state index contributed by atoms with van der Waals surface area (Å²) in [5.74, 6) is 1.44. The molecule has 2 nitrogen and oxygen atoms in total. The molecule has 2 unspecified atom stereocenters. The molecule has 0 saturated carbocycles. The zero-order chi connectivity index (χ0) is 14.5. The lowest BCUT2D eigenvalue weighted by atomic mass is 9.98. The van der Waals surface area contributed by atoms with Gasteiger partial charge in [0, 0.05) is 12.6 Å². The fourth-order valence-corrected chi connectivity index (χ4v) is 2.90. The van der Waals surface area contributed by atoms with Gasteiger partial charge in [0.2, 0.25) is 0 Å². The highest BCUT2D eigenvalue weighted by Crippen LogP contribution is 2.22. The Morgan fingerprint density at radius 2 is 1.80 bits per heavy atom. The quantitative estimate of drug-likeness (QED) is 0.878. The van der Waals surface area contributed by atoms with Crippen molar-refractivity contribution in [1.82, 2.24) is 5.32 Å². The van der Waals surface area contributed by atoms with Gasteiger partial charge in [-0.2, -0.15) is 0 Å². The maximum Gasteiger partial charge on any atom is 0.0950 e. The second-order valence-corrected chi connectivity index (χ2v) is 6.90. The Kier molecular flexibility index (Phi) is 5.62. The van der Waals surface area contributed by atoms with Gasteiger partial charge in [-0.15, -0.1) is 0 Å². The van der Waals surface area contributed by atoms with Crippen molar-refractivity contribution >= 4 is 0 Å². The van der Waals surface area contributed by atoms with Crippen LogP contribution in [0.15, 0.2) is 24.3 Å². The average Bonchev–Trinajstić information content (AvgIpc) is 2.39. The lowest BCUT2D eigenvalue weighted by Gasteiger charge is -2.31. The van der Waals surface area contributed by atoms with Crippen LogP contribution in [0.25, 0.3) is 0 Å². The summed E-state index contributed by atoms with van der Waals surface area (Å²) in [6.07, 6.45) is 2.56. The zero-order valence-electron chi connectivity index (χ0n) is 13.4. The van der Waals surface area contributed by atoms with E-state index in [2.05, 4.69) is 57.3 Å². The summed E-state index contributed by atoms with van der Waals surface area (Å²) in [5.41, 5.74) is 2.72. The number of benzene rings is 1. The number of hydrogen-bond acceptors (Lipinski definition) is 2. The van der Waals surface area contributed by atoms with E-state index >= 15 is 0 Å². The summed E-state index contributed by atoms with van der Waals surface area (Å²) < 4.78 is 6.04. The number of ether oxygens (including phenoxy) is 1. The topological polar surface area (TPSA) is 21.3 Å². The molecule has 112 valence electrons. The van der Waals surface area contributed by atoms with Crippen LogP contribution in [-0.2, 0) is 11.2 Å². The third-order valence-electron chi connectivity index (χ3n) is 3.84. The minimum atomic E-state index is 0.214. The summed E-state index contributed by atoms with van der Waals surface area (Å²) in [7, 11) is 0. The van der Waals surface area contributed by atoms with Crippen LogP contribution < -0.4 is 5.32 Å². The smallest absolute Gasteiger partial charge is 0.0950 e. The molecule has 0 radical (unpaired) electrons. The van der Waals surface area contributed by atoms with Crippen molar-refractivity contribution in [2.75, 3.05) is 13.2 Å². The highest BCUT2D eigenvalue weighted by Gasteiger charge is 2.22. The third kappa shape index (κ3) is 4.60. The number of morpholine rings is 1. The van der Waals surface area contributed by atoms with Crippen LogP contribution in [-0.4, -0.2) is 19.2 Å². The lowest BCUT2D eigenvalue weighted by molar-refractivity contribution is -0.00131. The Hall–Kier alpha value is -0.860. The molecule has 2 rings (SSSR count). The van der Waals surface area contributed by atoms with Crippen molar-refractivity contribution in [1.29, 1.82) is 0 Å². The molecular formula is C18H29NO. The van der Waals surface area contributed by atoms with Crippen molar-refractivity contribution in [2.24, 2.45) is 11.8 Å². The Morgan fingerprint density at radius 3 is 2.30 bits per heavy atom. The van der Waals surface area contributed by atoms with Crippen LogP contribution in [0, 0.1) is 11.8 Å². The van der Waals surface area contributed by atoms with Crippen molar-refractivity contribution in [2.45, 2.75) is 52.7 Å². The van der Waals surface area contributed by atoms with Crippen LogP contribution in [0.2, 0.25) is 0 Å². The molecule has 1 aliphatic rings. The van der Waals surface area contributed by atoms with E-state index in [-0.39, 0.29) is 6.10 Å². The van der Waals surface area contributed by atoms with Gasteiger partial charge in [-0.1, -0.05) is 52.0 Å². The molecule has 1 aromatic rings. The van der Waals surface area contributed by atoms with Gasteiger partial charge in [-0.05, 0) is 35.8 Å². The van der Waals surface area contributed by atoms with Crippen molar-refractivity contribution in [3.8, 4) is 0 Å². The van der Waals surface area contributed by atoms with E-state index < -0.39 is 0 Å². The first-order valence-corrected chi connectivity index (χ1v) is 7.98. The van der Waals surface area contributed by atoms with E-state index in [0.29, 0.717) is 12.0 Å². The summed E-state index contributed by atoms with van der Waals surface area (Å²) in [6, 6.07) is 9.48. The molecule has 1 heterocycles. The molecule has 2 heteroatoms. The van der Waals surface area contributed by atoms with Gasteiger partial charge in [-0.3, -0.25) is 0 Å². The molecule has 1 fully saturated rings. The molecule has 0 aromatic heterocycles. The second-order valence-electron chi connectivity index (χ2n) is 6.90. The Bertz CT molecular complexity index is 388. The second kappa shape index (κ2) is 7.24. The Labute approximate surface area is 123 Å². The lowest BCUT2D eigenvalue weighted by Crippen LogP contribution is -2.43. The highest BCUT2D eigenvalue weighted by atomic mass is 16.5. The molecule has 20 heavy (non-hydrogen) atoms. The first-order chi connectivity index (χ1) is 9.54. The molecule has 1 aliphatic heterocycles. The van der Waals surface area contributed by atoms with Crippen LogP contribution >= 0.6 is 0 Å². The summed E-state index contributed by atoms with van der Waals surface area (Å²) in [5, 5.41) is 3.62. The fourth-order valence-electron chi connectivity index (χ4n) is 2.90. The van der Waals surface area contributed by atoms with Crippen molar-refractivity contribution < 1.29 is 4.74 Å². The molecule has 1 N–H and O–H groups in total. The van der Waals surface area contributed by atoms with E-state index in [4.69, 9.17) is 4.74 Å². The maximum absolute atomic E-state index is 6.04. The summed E-state index contributed by atoms with van der Waals surface area (Å²) in [4.78, 5) is 0. The molecule has 1 aromatic carbocycles. The van der Waals surface area contributed by atoms with E-state index in [9.17, 15) is 0 Å². The predicted molar refractivity (Wildman–Crippen MR) is 84.9 cm³/mol. The van der Waals surface area contributed by atoms with Crippen molar-refractivity contribution in [3.05, 3.63) is 35.4 Å². The van der Waals surface area contributed by atoms with Gasteiger partial charge in [-0.25, -0.2) is 0 Å². The molecule has 0 bridgehead atoms. The SMILES string of the molecule is CC(C)Cc1ccc(C2CNC(CC(C)C)CO2)cc1. The standard InChI is InChI=1S/C18H29NO/c1-13(2)9-15-5-7-16(8-6-15)18-11-19-17(12-20-18)10-14(3)4/h5-8,13-14,17-19H,9-12H2,1-4H3. The number of nitrogens with one attached hydrogen (secondary N) is 1. The van der Waals surface area contributed by atoms with E-state index in [1.54, 1.807) is 0 Å². The average molecular weight is 275 g/mol. The minimum Gasteiger partial charge on any atom is -0.371 e. The van der Waals surface area contributed by atoms with Crippen molar-refractivity contribution in [3.63, 3.8) is 0 Å². The molecule has 0 aliphatic carbocycles. The fraction of sp³-hybridized carbons (Fsp3) is 0.667. The normalized spacial score (nSPS) is 23.5. The van der Waals surface area contributed by atoms with Gasteiger partial charge >= 0.3 is 0 Å². The first kappa shape index (κ1) is 15.5.